The smallest absolute Gasteiger partial charge is 0.0340 e. The topological polar surface area (TPSA) is 24.1 Å². The van der Waals surface area contributed by atoms with Crippen molar-refractivity contribution in [2.24, 2.45) is 0 Å². The summed E-state index contributed by atoms with van der Waals surface area (Å²) in [6.45, 7) is 19.0. The highest BCUT2D eigenvalue weighted by atomic mass is 14.9. The van der Waals surface area contributed by atoms with Gasteiger partial charge in [-0.2, -0.15) is 0 Å². The van der Waals surface area contributed by atoms with Crippen molar-refractivity contribution in [1.29, 1.82) is 0 Å². The SMILES string of the molecule is C=C/C(=C\NC)CCCNC(=C)/C(C=C)=C/C(C#Cc1ccc(C)cc1)=C(C)C. The predicted molar refractivity (Wildman–Crippen MR) is 128 cm³/mol. The second-order valence-electron chi connectivity index (χ2n) is 7.05. The molecule has 0 saturated heterocycles. The number of benzene rings is 1. The maximum absolute atomic E-state index is 4.17. The van der Waals surface area contributed by atoms with Crippen molar-refractivity contribution in [1.82, 2.24) is 10.6 Å². The van der Waals surface area contributed by atoms with Gasteiger partial charge in [-0.05, 0) is 69.2 Å². The summed E-state index contributed by atoms with van der Waals surface area (Å²) in [6.07, 6.45) is 9.68. The quantitative estimate of drug-likeness (QED) is 0.294. The van der Waals surface area contributed by atoms with Crippen molar-refractivity contribution >= 4 is 0 Å². The Hall–Kier alpha value is -3.18. The van der Waals surface area contributed by atoms with Gasteiger partial charge in [0.25, 0.3) is 0 Å². The highest BCUT2D eigenvalue weighted by Gasteiger charge is 2.02. The molecule has 0 radical (unpaired) electrons. The molecule has 0 heterocycles. The van der Waals surface area contributed by atoms with Gasteiger partial charge in [0.15, 0.2) is 0 Å². The fraction of sp³-hybridized carbons (Fsp3) is 0.259. The Morgan fingerprint density at radius 3 is 2.34 bits per heavy atom. The maximum Gasteiger partial charge on any atom is 0.0340 e. The molecule has 0 spiro atoms. The molecule has 0 amide bonds. The lowest BCUT2D eigenvalue weighted by Crippen LogP contribution is -2.15. The summed E-state index contributed by atoms with van der Waals surface area (Å²) in [6, 6.07) is 8.24. The summed E-state index contributed by atoms with van der Waals surface area (Å²) in [7, 11) is 1.90. The molecule has 0 aliphatic heterocycles. The van der Waals surface area contributed by atoms with E-state index in [1.807, 2.05) is 37.5 Å². The fourth-order valence-corrected chi connectivity index (χ4v) is 2.56. The van der Waals surface area contributed by atoms with Crippen LogP contribution >= 0.6 is 0 Å². The van der Waals surface area contributed by atoms with Crippen molar-refractivity contribution in [3.63, 3.8) is 0 Å². The summed E-state index contributed by atoms with van der Waals surface area (Å²) in [5.74, 6) is 6.54. The van der Waals surface area contributed by atoms with Crippen molar-refractivity contribution in [3.8, 4) is 11.8 Å². The number of hydrogen-bond donors (Lipinski definition) is 2. The van der Waals surface area contributed by atoms with Gasteiger partial charge in [0.05, 0.1) is 0 Å². The standard InChI is InChI=1S/C27H34N2/c1-8-24(20-28-7)11-10-18-29-23(6)26(9-2)19-27(21(3)4)17-16-25-14-12-22(5)13-15-25/h8-9,12-15,19-20,28-29H,1-2,6,10-11,18H2,3-5,7H3/b24-20+,26-19+. The van der Waals surface area contributed by atoms with Crippen LogP contribution in [0.25, 0.3) is 0 Å². The van der Waals surface area contributed by atoms with Crippen LogP contribution in [0.4, 0.5) is 0 Å². The largest absolute Gasteiger partial charge is 0.394 e. The lowest BCUT2D eigenvalue weighted by atomic mass is 10.0. The van der Waals surface area contributed by atoms with E-state index in [-0.39, 0.29) is 0 Å². The van der Waals surface area contributed by atoms with Crippen molar-refractivity contribution in [2.45, 2.75) is 33.6 Å². The van der Waals surface area contributed by atoms with E-state index in [9.17, 15) is 0 Å². The van der Waals surface area contributed by atoms with Crippen LogP contribution in [0.1, 0.15) is 37.8 Å². The molecule has 0 saturated carbocycles. The van der Waals surface area contributed by atoms with Gasteiger partial charge in [-0.3, -0.25) is 0 Å². The monoisotopic (exact) mass is 386 g/mol. The average molecular weight is 387 g/mol. The second kappa shape index (κ2) is 13.1. The molecule has 0 aliphatic rings. The number of hydrogen-bond acceptors (Lipinski definition) is 2. The third-order valence-corrected chi connectivity index (χ3v) is 4.37. The number of rotatable bonds is 10. The first-order valence-electron chi connectivity index (χ1n) is 9.93. The molecular weight excluding hydrogens is 352 g/mol. The molecule has 1 aromatic carbocycles. The van der Waals surface area contributed by atoms with E-state index in [1.165, 1.54) is 11.1 Å². The third kappa shape index (κ3) is 9.04. The Balaban J connectivity index is 2.82. The van der Waals surface area contributed by atoms with E-state index >= 15 is 0 Å². The minimum absolute atomic E-state index is 0.831. The molecular formula is C27H34N2. The van der Waals surface area contributed by atoms with Crippen LogP contribution in [0.15, 0.2) is 96.4 Å². The van der Waals surface area contributed by atoms with Gasteiger partial charge in [0, 0.05) is 30.4 Å². The van der Waals surface area contributed by atoms with Crippen LogP contribution in [0.5, 0.6) is 0 Å². The van der Waals surface area contributed by atoms with Gasteiger partial charge in [-0.1, -0.05) is 67.0 Å². The zero-order valence-electron chi connectivity index (χ0n) is 18.4. The van der Waals surface area contributed by atoms with E-state index in [1.54, 1.807) is 0 Å². The second-order valence-corrected chi connectivity index (χ2v) is 7.05. The van der Waals surface area contributed by atoms with Crippen molar-refractivity contribution in [2.75, 3.05) is 13.6 Å². The van der Waals surface area contributed by atoms with Gasteiger partial charge >= 0.3 is 0 Å². The molecule has 2 nitrogen and oxygen atoms in total. The molecule has 0 bridgehead atoms. The molecule has 2 N–H and O–H groups in total. The zero-order valence-corrected chi connectivity index (χ0v) is 18.4. The lowest BCUT2D eigenvalue weighted by Gasteiger charge is -2.11. The van der Waals surface area contributed by atoms with Crippen LogP contribution in [-0.2, 0) is 0 Å². The first-order valence-corrected chi connectivity index (χ1v) is 9.93. The Bertz CT molecular complexity index is 861. The van der Waals surface area contributed by atoms with Crippen LogP contribution in [-0.4, -0.2) is 13.6 Å². The lowest BCUT2D eigenvalue weighted by molar-refractivity contribution is 0.731. The van der Waals surface area contributed by atoms with E-state index in [2.05, 4.69) is 81.2 Å². The van der Waals surface area contributed by atoms with Gasteiger partial charge < -0.3 is 10.6 Å². The average Bonchev–Trinajstić information content (AvgIpc) is 2.71. The normalized spacial score (nSPS) is 11.0. The number of allylic oxidation sites excluding steroid dienone is 6. The predicted octanol–water partition coefficient (Wildman–Crippen LogP) is 5.97. The molecule has 29 heavy (non-hydrogen) atoms. The van der Waals surface area contributed by atoms with E-state index in [0.29, 0.717) is 0 Å². The Morgan fingerprint density at radius 1 is 1.10 bits per heavy atom. The van der Waals surface area contributed by atoms with Crippen LogP contribution in [0.3, 0.4) is 0 Å². The first kappa shape index (κ1) is 23.9. The number of nitrogens with one attached hydrogen (secondary N) is 2. The molecule has 0 atom stereocenters. The van der Waals surface area contributed by atoms with Gasteiger partial charge in [-0.15, -0.1) is 0 Å². The highest BCUT2D eigenvalue weighted by molar-refractivity contribution is 5.52. The molecule has 0 aromatic heterocycles. The Kier molecular flexibility index (Phi) is 10.8. The van der Waals surface area contributed by atoms with Crippen molar-refractivity contribution in [3.05, 3.63) is 108 Å². The van der Waals surface area contributed by atoms with Crippen molar-refractivity contribution < 1.29 is 0 Å². The summed E-state index contributed by atoms with van der Waals surface area (Å²) in [5, 5.41) is 6.44. The highest BCUT2D eigenvalue weighted by Crippen LogP contribution is 2.14. The molecule has 1 aromatic rings. The minimum Gasteiger partial charge on any atom is -0.394 e. The van der Waals surface area contributed by atoms with E-state index in [4.69, 9.17) is 0 Å². The summed E-state index contributed by atoms with van der Waals surface area (Å²) in [5.41, 5.74) is 7.38. The van der Waals surface area contributed by atoms with Crippen LogP contribution in [0.2, 0.25) is 0 Å². The minimum atomic E-state index is 0.831. The molecule has 152 valence electrons. The Morgan fingerprint density at radius 2 is 1.79 bits per heavy atom. The van der Waals surface area contributed by atoms with Crippen LogP contribution < -0.4 is 10.6 Å². The summed E-state index contributed by atoms with van der Waals surface area (Å²) >= 11 is 0. The van der Waals surface area contributed by atoms with Crippen LogP contribution in [0, 0.1) is 18.8 Å². The Labute approximate surface area is 177 Å². The van der Waals surface area contributed by atoms with E-state index < -0.39 is 0 Å². The molecule has 0 aliphatic carbocycles. The van der Waals surface area contributed by atoms with Gasteiger partial charge in [0.1, 0.15) is 0 Å². The van der Waals surface area contributed by atoms with E-state index in [0.717, 1.165) is 47.4 Å². The number of aryl methyl sites for hydroxylation is 1. The summed E-state index contributed by atoms with van der Waals surface area (Å²) < 4.78 is 0. The fourth-order valence-electron chi connectivity index (χ4n) is 2.56. The molecule has 0 unspecified atom stereocenters. The molecule has 0 fully saturated rings. The summed E-state index contributed by atoms with van der Waals surface area (Å²) in [4.78, 5) is 0. The first-order chi connectivity index (χ1) is 13.9. The maximum atomic E-state index is 4.17. The zero-order chi connectivity index (χ0) is 21.6. The van der Waals surface area contributed by atoms with Gasteiger partial charge in [0.2, 0.25) is 0 Å². The van der Waals surface area contributed by atoms with Gasteiger partial charge in [-0.25, -0.2) is 0 Å². The molecule has 2 heteroatoms. The third-order valence-electron chi connectivity index (χ3n) is 4.37. The molecule has 1 rings (SSSR count).